The third-order valence-corrected chi connectivity index (χ3v) is 4.67. The standard InChI is InChI=1S/C13H22N2O3/c16-13(17)15-11-1-2-12(15)8-10(7-11)9-14-3-5-18-6-4-14/h10-12H,1-9H2,(H,16,17)/t10-,11-,12+. The lowest BCUT2D eigenvalue weighted by Crippen LogP contribution is -2.49. The van der Waals surface area contributed by atoms with Gasteiger partial charge in [0.1, 0.15) is 0 Å². The summed E-state index contributed by atoms with van der Waals surface area (Å²) in [6.45, 7) is 4.90. The second-order valence-corrected chi connectivity index (χ2v) is 5.83. The summed E-state index contributed by atoms with van der Waals surface area (Å²) in [6, 6.07) is 0.569. The van der Waals surface area contributed by atoms with Crippen LogP contribution >= 0.6 is 0 Å². The molecular weight excluding hydrogens is 232 g/mol. The van der Waals surface area contributed by atoms with E-state index < -0.39 is 6.09 Å². The zero-order chi connectivity index (χ0) is 12.5. The zero-order valence-corrected chi connectivity index (χ0v) is 10.8. The maximum atomic E-state index is 11.2. The Morgan fingerprint density at radius 1 is 1.17 bits per heavy atom. The van der Waals surface area contributed by atoms with Crippen molar-refractivity contribution < 1.29 is 14.6 Å². The third kappa shape index (κ3) is 2.34. The van der Waals surface area contributed by atoms with Crippen molar-refractivity contribution in [2.75, 3.05) is 32.8 Å². The number of morpholine rings is 1. The SMILES string of the molecule is O=C(O)N1[C@@H]2CC[C@H]1C[C@H](CN1CCOCC1)C2. The van der Waals surface area contributed by atoms with E-state index in [1.807, 2.05) is 0 Å². The lowest BCUT2D eigenvalue weighted by Gasteiger charge is -2.39. The first kappa shape index (κ1) is 12.2. The highest BCUT2D eigenvalue weighted by Crippen LogP contribution is 2.38. The van der Waals surface area contributed by atoms with Crippen LogP contribution in [0.1, 0.15) is 25.7 Å². The van der Waals surface area contributed by atoms with E-state index in [0.29, 0.717) is 5.92 Å². The van der Waals surface area contributed by atoms with Crippen molar-refractivity contribution in [3.8, 4) is 0 Å². The molecule has 0 saturated carbocycles. The number of ether oxygens (including phenoxy) is 1. The maximum absolute atomic E-state index is 11.2. The summed E-state index contributed by atoms with van der Waals surface area (Å²) in [5.41, 5.74) is 0. The molecule has 0 spiro atoms. The molecule has 3 fully saturated rings. The molecule has 3 saturated heterocycles. The van der Waals surface area contributed by atoms with E-state index in [2.05, 4.69) is 4.90 Å². The van der Waals surface area contributed by atoms with Crippen molar-refractivity contribution >= 4 is 6.09 Å². The lowest BCUT2D eigenvalue weighted by atomic mass is 9.90. The Morgan fingerprint density at radius 3 is 2.33 bits per heavy atom. The fraction of sp³-hybridized carbons (Fsp3) is 0.923. The van der Waals surface area contributed by atoms with Crippen LogP contribution in [0, 0.1) is 5.92 Å². The quantitative estimate of drug-likeness (QED) is 0.805. The van der Waals surface area contributed by atoms with Crippen LogP contribution in [-0.4, -0.2) is 65.9 Å². The Balaban J connectivity index is 1.56. The number of amides is 1. The molecule has 0 aliphatic carbocycles. The Morgan fingerprint density at radius 2 is 1.78 bits per heavy atom. The van der Waals surface area contributed by atoms with Crippen LogP contribution < -0.4 is 0 Å². The highest BCUT2D eigenvalue weighted by atomic mass is 16.5. The molecule has 0 unspecified atom stereocenters. The Labute approximate surface area is 108 Å². The molecule has 102 valence electrons. The number of piperidine rings is 1. The summed E-state index contributed by atoms with van der Waals surface area (Å²) in [6.07, 6.45) is 3.53. The summed E-state index contributed by atoms with van der Waals surface area (Å²) in [5.74, 6) is 0.677. The number of fused-ring (bicyclic) bond motifs is 2. The molecule has 5 nitrogen and oxygen atoms in total. The fourth-order valence-electron chi connectivity index (χ4n) is 3.90. The predicted molar refractivity (Wildman–Crippen MR) is 66.7 cm³/mol. The lowest BCUT2D eigenvalue weighted by molar-refractivity contribution is 0.0183. The predicted octanol–water partition coefficient (Wildman–Crippen LogP) is 1.24. The van der Waals surface area contributed by atoms with Crippen LogP contribution in [-0.2, 0) is 4.74 Å². The number of hydrogen-bond donors (Lipinski definition) is 1. The molecule has 3 aliphatic heterocycles. The van der Waals surface area contributed by atoms with Crippen molar-refractivity contribution in [2.45, 2.75) is 37.8 Å². The van der Waals surface area contributed by atoms with Crippen molar-refractivity contribution in [1.82, 2.24) is 9.80 Å². The first-order chi connectivity index (χ1) is 8.74. The van der Waals surface area contributed by atoms with Gasteiger partial charge in [-0.3, -0.25) is 4.90 Å². The van der Waals surface area contributed by atoms with Gasteiger partial charge < -0.3 is 14.7 Å². The van der Waals surface area contributed by atoms with Crippen LogP contribution in [0.25, 0.3) is 0 Å². The van der Waals surface area contributed by atoms with Gasteiger partial charge in [-0.05, 0) is 31.6 Å². The molecular formula is C13H22N2O3. The Hall–Kier alpha value is -0.810. The zero-order valence-electron chi connectivity index (χ0n) is 10.8. The topological polar surface area (TPSA) is 53.0 Å². The molecule has 3 rings (SSSR count). The molecule has 3 aliphatic rings. The molecule has 0 radical (unpaired) electrons. The third-order valence-electron chi connectivity index (χ3n) is 4.67. The fourth-order valence-corrected chi connectivity index (χ4v) is 3.90. The monoisotopic (exact) mass is 254 g/mol. The Kier molecular flexibility index (Phi) is 3.43. The molecule has 0 aromatic carbocycles. The van der Waals surface area contributed by atoms with E-state index in [0.717, 1.165) is 58.5 Å². The van der Waals surface area contributed by atoms with Gasteiger partial charge in [-0.1, -0.05) is 0 Å². The van der Waals surface area contributed by atoms with E-state index in [1.54, 1.807) is 4.90 Å². The molecule has 0 aromatic heterocycles. The van der Waals surface area contributed by atoms with Crippen LogP contribution in [0.2, 0.25) is 0 Å². The van der Waals surface area contributed by atoms with Gasteiger partial charge in [-0.15, -0.1) is 0 Å². The van der Waals surface area contributed by atoms with E-state index in [-0.39, 0.29) is 12.1 Å². The number of carboxylic acid groups (broad SMARTS) is 1. The van der Waals surface area contributed by atoms with Crippen LogP contribution in [0.15, 0.2) is 0 Å². The van der Waals surface area contributed by atoms with E-state index in [4.69, 9.17) is 4.74 Å². The normalized spacial score (nSPS) is 36.9. The smallest absolute Gasteiger partial charge is 0.407 e. The van der Waals surface area contributed by atoms with Crippen molar-refractivity contribution in [3.63, 3.8) is 0 Å². The van der Waals surface area contributed by atoms with Gasteiger partial charge in [0.15, 0.2) is 0 Å². The maximum Gasteiger partial charge on any atom is 0.407 e. The summed E-state index contributed by atoms with van der Waals surface area (Å²) >= 11 is 0. The summed E-state index contributed by atoms with van der Waals surface area (Å²) in [7, 11) is 0. The van der Waals surface area contributed by atoms with E-state index in [9.17, 15) is 9.90 Å². The molecule has 3 atom stereocenters. The Bertz CT molecular complexity index is 303. The number of hydrogen-bond acceptors (Lipinski definition) is 3. The van der Waals surface area contributed by atoms with E-state index >= 15 is 0 Å². The molecule has 18 heavy (non-hydrogen) atoms. The van der Waals surface area contributed by atoms with Gasteiger partial charge in [-0.25, -0.2) is 4.79 Å². The minimum atomic E-state index is -0.715. The molecule has 2 bridgehead atoms. The highest BCUT2D eigenvalue weighted by molar-refractivity contribution is 5.66. The summed E-state index contributed by atoms with van der Waals surface area (Å²) in [4.78, 5) is 15.4. The van der Waals surface area contributed by atoms with Crippen molar-refractivity contribution in [3.05, 3.63) is 0 Å². The van der Waals surface area contributed by atoms with Crippen LogP contribution in [0.3, 0.4) is 0 Å². The molecule has 3 heterocycles. The molecule has 5 heteroatoms. The molecule has 1 amide bonds. The minimum Gasteiger partial charge on any atom is -0.465 e. The molecule has 1 N–H and O–H groups in total. The van der Waals surface area contributed by atoms with Gasteiger partial charge in [-0.2, -0.15) is 0 Å². The second-order valence-electron chi connectivity index (χ2n) is 5.83. The van der Waals surface area contributed by atoms with Crippen LogP contribution in [0.4, 0.5) is 4.79 Å². The molecule has 0 aromatic rings. The van der Waals surface area contributed by atoms with Gasteiger partial charge in [0.2, 0.25) is 0 Å². The first-order valence-electron chi connectivity index (χ1n) is 7.05. The number of nitrogens with zero attached hydrogens (tertiary/aromatic N) is 2. The van der Waals surface area contributed by atoms with Gasteiger partial charge in [0.05, 0.1) is 13.2 Å². The van der Waals surface area contributed by atoms with Crippen LogP contribution in [0.5, 0.6) is 0 Å². The average Bonchev–Trinajstić information content (AvgIpc) is 2.63. The van der Waals surface area contributed by atoms with Gasteiger partial charge in [0, 0.05) is 31.7 Å². The van der Waals surface area contributed by atoms with Gasteiger partial charge >= 0.3 is 6.09 Å². The second kappa shape index (κ2) is 5.05. The largest absolute Gasteiger partial charge is 0.465 e. The van der Waals surface area contributed by atoms with Crippen molar-refractivity contribution in [2.24, 2.45) is 5.92 Å². The van der Waals surface area contributed by atoms with E-state index in [1.165, 1.54) is 0 Å². The average molecular weight is 254 g/mol. The van der Waals surface area contributed by atoms with Gasteiger partial charge in [0.25, 0.3) is 0 Å². The first-order valence-corrected chi connectivity index (χ1v) is 7.05. The number of carbonyl (C=O) groups is 1. The van der Waals surface area contributed by atoms with Crippen molar-refractivity contribution in [1.29, 1.82) is 0 Å². The highest BCUT2D eigenvalue weighted by Gasteiger charge is 2.43. The summed E-state index contributed by atoms with van der Waals surface area (Å²) in [5, 5.41) is 9.23. The summed E-state index contributed by atoms with van der Waals surface area (Å²) < 4.78 is 5.36. The number of rotatable bonds is 2. The minimum absolute atomic E-state index is 0.285.